The summed E-state index contributed by atoms with van der Waals surface area (Å²) in [4.78, 5) is 11.8. The Hall–Kier alpha value is -1.42. The van der Waals surface area contributed by atoms with Crippen molar-refractivity contribution in [2.45, 2.75) is 20.8 Å². The molecule has 4 nitrogen and oxygen atoms in total. The molecule has 5 heteroatoms. The number of carbonyl (C=O) groups excluding carboxylic acids is 1. The number of halogens is 1. The van der Waals surface area contributed by atoms with E-state index in [1.807, 2.05) is 0 Å². The zero-order valence-corrected chi connectivity index (χ0v) is 11.7. The summed E-state index contributed by atoms with van der Waals surface area (Å²) < 4.78 is 4.99. The van der Waals surface area contributed by atoms with Crippen LogP contribution in [0.25, 0.3) is 0 Å². The Labute approximate surface area is 112 Å². The molecule has 0 amide bonds. The number of carbonyl (C=O) groups is 1. The smallest absolute Gasteiger partial charge is 0.340 e. The van der Waals surface area contributed by atoms with Crippen LogP contribution in [-0.2, 0) is 4.74 Å². The van der Waals surface area contributed by atoms with Crippen LogP contribution in [0.3, 0.4) is 0 Å². The molecule has 0 aliphatic carbocycles. The molecule has 0 unspecified atom stereocenters. The number of benzene rings is 1. The fraction of sp³-hybridized carbons (Fsp3) is 0.462. The average Bonchev–Trinajstić information content (AvgIpc) is 2.26. The number of anilines is 2. The van der Waals surface area contributed by atoms with Crippen LogP contribution in [0.2, 0.25) is 5.02 Å². The van der Waals surface area contributed by atoms with Crippen molar-refractivity contribution in [3.63, 3.8) is 0 Å². The summed E-state index contributed by atoms with van der Waals surface area (Å²) in [5.41, 5.74) is 7.10. The highest BCUT2D eigenvalue weighted by Crippen LogP contribution is 2.30. The van der Waals surface area contributed by atoms with Crippen LogP contribution < -0.4 is 11.1 Å². The maximum atomic E-state index is 11.8. The van der Waals surface area contributed by atoms with Crippen molar-refractivity contribution < 1.29 is 9.53 Å². The van der Waals surface area contributed by atoms with Gasteiger partial charge in [0.05, 0.1) is 22.9 Å². The summed E-state index contributed by atoms with van der Waals surface area (Å²) in [6.07, 6.45) is 0. The van der Waals surface area contributed by atoms with Crippen LogP contribution in [0, 0.1) is 5.92 Å². The molecular formula is C13H19ClN2O2. The Morgan fingerprint density at radius 2 is 2.17 bits per heavy atom. The fourth-order valence-electron chi connectivity index (χ4n) is 1.48. The molecule has 0 spiro atoms. The molecule has 0 aliphatic heterocycles. The Kier molecular flexibility index (Phi) is 5.28. The molecule has 1 rings (SSSR count). The van der Waals surface area contributed by atoms with E-state index >= 15 is 0 Å². The van der Waals surface area contributed by atoms with Gasteiger partial charge in [0.2, 0.25) is 0 Å². The summed E-state index contributed by atoms with van der Waals surface area (Å²) in [5, 5.41) is 3.59. The normalized spacial score (nSPS) is 10.5. The van der Waals surface area contributed by atoms with E-state index in [4.69, 9.17) is 22.1 Å². The third-order valence-electron chi connectivity index (χ3n) is 2.29. The number of nitrogens with one attached hydrogen (secondary N) is 1. The minimum Gasteiger partial charge on any atom is -0.462 e. The van der Waals surface area contributed by atoms with Crippen molar-refractivity contribution in [2.24, 2.45) is 5.92 Å². The highest BCUT2D eigenvalue weighted by molar-refractivity contribution is 6.34. The lowest BCUT2D eigenvalue weighted by Gasteiger charge is -2.15. The second kappa shape index (κ2) is 6.50. The second-order valence-electron chi connectivity index (χ2n) is 4.42. The van der Waals surface area contributed by atoms with E-state index in [0.717, 1.165) is 6.54 Å². The van der Waals surface area contributed by atoms with Gasteiger partial charge in [0.25, 0.3) is 0 Å². The van der Waals surface area contributed by atoms with Crippen molar-refractivity contribution in [2.75, 3.05) is 24.2 Å². The first-order valence-corrected chi connectivity index (χ1v) is 6.33. The molecule has 0 saturated carbocycles. The maximum absolute atomic E-state index is 11.8. The van der Waals surface area contributed by atoms with Gasteiger partial charge in [-0.25, -0.2) is 4.79 Å². The van der Waals surface area contributed by atoms with Crippen molar-refractivity contribution in [3.05, 3.63) is 22.7 Å². The molecule has 18 heavy (non-hydrogen) atoms. The largest absolute Gasteiger partial charge is 0.462 e. The van der Waals surface area contributed by atoms with Crippen LogP contribution in [-0.4, -0.2) is 19.1 Å². The Bertz CT molecular complexity index is 433. The number of nitrogen functional groups attached to an aromatic ring is 1. The van der Waals surface area contributed by atoms with E-state index in [0.29, 0.717) is 34.5 Å². The van der Waals surface area contributed by atoms with Gasteiger partial charge in [-0.15, -0.1) is 0 Å². The van der Waals surface area contributed by atoms with E-state index in [1.54, 1.807) is 19.1 Å². The summed E-state index contributed by atoms with van der Waals surface area (Å²) in [7, 11) is 0. The van der Waals surface area contributed by atoms with Crippen LogP contribution in [0.1, 0.15) is 31.1 Å². The quantitative estimate of drug-likeness (QED) is 0.637. The molecule has 3 N–H and O–H groups in total. The van der Waals surface area contributed by atoms with Crippen molar-refractivity contribution in [1.82, 2.24) is 0 Å². The predicted octanol–water partition coefficient (Wildman–Crippen LogP) is 3.17. The van der Waals surface area contributed by atoms with Crippen LogP contribution >= 0.6 is 11.6 Å². The number of hydrogen-bond donors (Lipinski definition) is 2. The van der Waals surface area contributed by atoms with Crippen LogP contribution in [0.5, 0.6) is 0 Å². The van der Waals surface area contributed by atoms with Gasteiger partial charge in [-0.2, -0.15) is 0 Å². The predicted molar refractivity (Wildman–Crippen MR) is 75.1 cm³/mol. The van der Waals surface area contributed by atoms with E-state index in [2.05, 4.69) is 19.2 Å². The lowest BCUT2D eigenvalue weighted by Crippen LogP contribution is -2.14. The molecule has 0 fully saturated rings. The summed E-state index contributed by atoms with van der Waals surface area (Å²) in [5.74, 6) is 0.0200. The topological polar surface area (TPSA) is 64.3 Å². The molecule has 0 bridgehead atoms. The zero-order chi connectivity index (χ0) is 13.7. The molecule has 0 saturated heterocycles. The molecule has 0 aliphatic rings. The van der Waals surface area contributed by atoms with Gasteiger partial charge in [-0.1, -0.05) is 25.4 Å². The molecule has 0 heterocycles. The monoisotopic (exact) mass is 270 g/mol. The molecule has 0 radical (unpaired) electrons. The number of hydrogen-bond acceptors (Lipinski definition) is 4. The summed E-state index contributed by atoms with van der Waals surface area (Å²) in [6, 6.07) is 3.19. The number of rotatable bonds is 5. The van der Waals surface area contributed by atoms with Crippen molar-refractivity contribution >= 4 is 28.9 Å². The fourth-order valence-corrected chi connectivity index (χ4v) is 1.78. The van der Waals surface area contributed by atoms with Gasteiger partial charge < -0.3 is 15.8 Å². The molecule has 1 aromatic carbocycles. The minimum atomic E-state index is -0.419. The van der Waals surface area contributed by atoms with Crippen molar-refractivity contribution in [1.29, 1.82) is 0 Å². The number of esters is 1. The minimum absolute atomic E-state index is 0.314. The standard InChI is InChI=1S/C13H19ClN2O2/c1-4-18-13(17)10-5-9(15)6-11(14)12(10)16-7-8(2)3/h5-6,8,16H,4,7,15H2,1-3H3. The lowest BCUT2D eigenvalue weighted by atomic mass is 10.1. The lowest BCUT2D eigenvalue weighted by molar-refractivity contribution is 0.0527. The number of ether oxygens (including phenoxy) is 1. The molecule has 100 valence electrons. The molecular weight excluding hydrogens is 252 g/mol. The van der Waals surface area contributed by atoms with E-state index < -0.39 is 5.97 Å². The van der Waals surface area contributed by atoms with Gasteiger partial charge in [0.1, 0.15) is 0 Å². The van der Waals surface area contributed by atoms with Crippen molar-refractivity contribution in [3.8, 4) is 0 Å². The Morgan fingerprint density at radius 3 is 2.72 bits per heavy atom. The van der Waals surface area contributed by atoms with E-state index in [1.165, 1.54) is 0 Å². The number of nitrogens with two attached hydrogens (primary N) is 1. The van der Waals surface area contributed by atoms with E-state index in [-0.39, 0.29) is 0 Å². The highest BCUT2D eigenvalue weighted by Gasteiger charge is 2.16. The summed E-state index contributed by atoms with van der Waals surface area (Å²) >= 11 is 6.11. The zero-order valence-electron chi connectivity index (χ0n) is 10.9. The first-order valence-electron chi connectivity index (χ1n) is 5.95. The second-order valence-corrected chi connectivity index (χ2v) is 4.83. The Balaban J connectivity index is 3.08. The SMILES string of the molecule is CCOC(=O)c1cc(N)cc(Cl)c1NCC(C)C. The summed E-state index contributed by atoms with van der Waals surface area (Å²) in [6.45, 7) is 6.93. The van der Waals surface area contributed by atoms with Gasteiger partial charge in [0.15, 0.2) is 0 Å². The van der Waals surface area contributed by atoms with Gasteiger partial charge in [0, 0.05) is 12.2 Å². The van der Waals surface area contributed by atoms with Gasteiger partial charge in [-0.05, 0) is 25.0 Å². The van der Waals surface area contributed by atoms with Gasteiger partial charge >= 0.3 is 5.97 Å². The highest BCUT2D eigenvalue weighted by atomic mass is 35.5. The molecule has 0 aromatic heterocycles. The maximum Gasteiger partial charge on any atom is 0.340 e. The van der Waals surface area contributed by atoms with Crippen LogP contribution in [0.4, 0.5) is 11.4 Å². The molecule has 0 atom stereocenters. The first-order chi connectivity index (χ1) is 8.45. The van der Waals surface area contributed by atoms with E-state index in [9.17, 15) is 4.79 Å². The third kappa shape index (κ3) is 3.81. The van der Waals surface area contributed by atoms with Gasteiger partial charge in [-0.3, -0.25) is 0 Å². The first kappa shape index (κ1) is 14.6. The average molecular weight is 271 g/mol. The van der Waals surface area contributed by atoms with Crippen LogP contribution in [0.15, 0.2) is 12.1 Å². The molecule has 1 aromatic rings. The Morgan fingerprint density at radius 1 is 1.50 bits per heavy atom. The third-order valence-corrected chi connectivity index (χ3v) is 2.59.